The first-order chi connectivity index (χ1) is 63.7. The molecule has 0 radical (unpaired) electrons. The number of nitrogens with zero attached hydrogens (tertiary/aromatic N) is 1. The van der Waals surface area contributed by atoms with Crippen LogP contribution in [0, 0.1) is 54.5 Å². The van der Waals surface area contributed by atoms with E-state index in [9.17, 15) is 156 Å². The Morgan fingerprint density at radius 3 is 0.964 bits per heavy atom. The molecule has 43 nitrogen and oxygen atoms in total. The lowest BCUT2D eigenvalue weighted by molar-refractivity contribution is 0.0511. The van der Waals surface area contributed by atoms with E-state index in [0.29, 0.717) is 40.1 Å². The molecule has 0 spiro atoms. The molecule has 0 heterocycles. The topological polar surface area (TPSA) is 717 Å². The molecule has 0 bridgehead atoms. The van der Waals surface area contributed by atoms with Gasteiger partial charge >= 0.3 is 47.8 Å². The van der Waals surface area contributed by atoms with Crippen molar-refractivity contribution < 1.29 is 194 Å². The molecule has 65 heteroatoms. The van der Waals surface area contributed by atoms with Gasteiger partial charge in [-0.2, -0.15) is 0 Å². The molecule has 8 aromatic carbocycles. The minimum absolute atomic E-state index is 0.0727. The van der Waals surface area contributed by atoms with Crippen LogP contribution in [0.1, 0.15) is 82.9 Å². The zero-order chi connectivity index (χ0) is 107. The Kier molecular flexibility index (Phi) is 61.9. The van der Waals surface area contributed by atoms with Gasteiger partial charge in [0.1, 0.15) is 75.8 Å². The number of phenolic OH excluding ortho intramolecular Hbond substituents is 1. The van der Waals surface area contributed by atoms with Crippen molar-refractivity contribution in [2.24, 2.45) is 0 Å². The molecule has 0 fully saturated rings. The van der Waals surface area contributed by atoms with E-state index in [-0.39, 0.29) is 33.7 Å². The lowest BCUT2D eigenvalue weighted by Gasteiger charge is -2.15. The minimum Gasteiger partial charge on any atom is -0.748 e. The molecule has 0 atom stereocenters. The summed E-state index contributed by atoms with van der Waals surface area (Å²) in [7, 11) is -31.3. The van der Waals surface area contributed by atoms with Gasteiger partial charge in [-0.15, -0.1) is 0 Å². The van der Waals surface area contributed by atoms with Crippen molar-refractivity contribution in [3.05, 3.63) is 239 Å². The van der Waals surface area contributed by atoms with Crippen molar-refractivity contribution in [3.8, 4) is 5.75 Å². The number of carbonyl (C=O) groups excluding carboxylic acids is 8. The number of rotatable bonds is 33. The highest BCUT2D eigenvalue weighted by atomic mass is 127. The SMILES string of the molecule is CN(C)c1ccc(C(=O)OCCS(=O)(=O)[O-])cc1I.Nc1ccc(I)cc1C(=O)OCCS(=O)(=O)[O-].O=C(OCCS(=O)(=O)[O-])c1c(F)cccc1I.O=C(OCCS(=O)(=O)[O-])c1c(I)cc(I)cc1I.O=C(OCCS(=O)(=O)[O-])c1cc(I)ccc1F.O=C(OCCS(=O)(=O)[O-])c1cc(I)ccc1I.O=C(OCCS(=O)(=O)[O-])c1ccc(I)c(O)c1.O=C(OCCS(=O)(=O)[O-])c1ccc(I)cc1I. The number of hydrogen-bond acceptors (Lipinski definition) is 43. The van der Waals surface area contributed by atoms with Crippen LogP contribution < -0.4 is 10.6 Å². The van der Waals surface area contributed by atoms with Crippen LogP contribution in [0.3, 0.4) is 0 Å². The Morgan fingerprint density at radius 2 is 0.590 bits per heavy atom. The van der Waals surface area contributed by atoms with E-state index < -0.39 is 239 Å². The molecule has 0 amide bonds. The largest absolute Gasteiger partial charge is 0.748 e. The quantitative estimate of drug-likeness (QED) is 0.0127. The third-order valence-corrected chi connectivity index (χ3v) is 29.3. The molecule has 0 aromatic heterocycles. The second kappa shape index (κ2) is 64.3. The predicted molar refractivity (Wildman–Crippen MR) is 583 cm³/mol. The number of nitrogen functional groups attached to an aromatic ring is 1. The Labute approximate surface area is 958 Å². The summed E-state index contributed by atoms with van der Waals surface area (Å²) in [5.41, 5.74) is 7.87. The lowest BCUT2D eigenvalue weighted by Crippen LogP contribution is -2.16. The van der Waals surface area contributed by atoms with Crippen LogP contribution in [0.25, 0.3) is 0 Å². The highest BCUT2D eigenvalue weighted by molar-refractivity contribution is 14.1. The first-order valence-corrected chi connectivity index (χ1v) is 61.6. The van der Waals surface area contributed by atoms with Gasteiger partial charge in [0.05, 0.1) is 169 Å². The first kappa shape index (κ1) is 134. The third kappa shape index (κ3) is 61.4. The number of phenols is 1. The standard InChI is InChI=1S/C11H14INO5S.2C9H8FIO5S.C9H7I3O5S.2C9H8I2O5S.C9H10INO5S.C9H9IO6S/c1-13(2)10-4-3-8(7-9(10)12)11(14)18-5-6-19(15,16)17;10-8-2-1-6(11)5-7(8)9(12)16-3-4-17(13,14)15;10-6-2-1-3-7(11)8(6)9(12)16-4-5-17(13,14)15;10-5-3-6(11)8(7(12)4-5)9(13)17-1-2-18(14,15)16;10-6-1-2-8(11)7(5-6)9(12)16-3-4-17(13,14)15;10-6-1-2-7(8(11)5-6)9(12)16-3-4-17(13,14)15;10-6-1-2-8(11)7(5-6)9(12)16-3-4-17(13,14)15;10-7-2-1-6(5-8(7)11)9(12)16-3-4-17(13,14)15/h3-4,7H,5-6H2,1-2H3,(H,15,16,17);1-2,5H,3-4H2,(H,13,14,15);1-3H,4-5H2,(H,13,14,15);3-4H,1-2H2,(H,14,15,16);2*1-2,5H,3-4H2,(H,13,14,15);1-2,5H,3-4,11H2,(H,13,14,15);1-2,5,11H,3-4H2,(H,13,14,15)/p-8. The van der Waals surface area contributed by atoms with Gasteiger partial charge in [0.15, 0.2) is 0 Å². The molecule has 0 unspecified atom stereocenters. The Balaban J connectivity index is 0.000000794. The van der Waals surface area contributed by atoms with Crippen LogP contribution in [0.4, 0.5) is 20.2 Å². The van der Waals surface area contributed by atoms with Crippen LogP contribution in [-0.2, 0) is 119 Å². The fourth-order valence-corrected chi connectivity index (χ4v) is 20.4. The normalized spacial score (nSPS) is 11.2. The second-order valence-electron chi connectivity index (χ2n) is 25.4. The molecule has 0 aliphatic rings. The maximum Gasteiger partial charge on any atom is 0.342 e. The summed E-state index contributed by atoms with van der Waals surface area (Å²) in [6.45, 7) is -3.86. The second-order valence-corrected chi connectivity index (χ2v) is 51.9. The number of aromatic hydroxyl groups is 1. The van der Waals surface area contributed by atoms with Crippen LogP contribution in [0.2, 0.25) is 0 Å². The van der Waals surface area contributed by atoms with Crippen molar-refractivity contribution in [1.29, 1.82) is 0 Å². The molecular formula is C74H64F2I12N2O41S8-8. The molecular weight excluding hydrogens is 3390 g/mol. The molecule has 8 rings (SSSR count). The predicted octanol–water partition coefficient (Wildman–Crippen LogP) is 10.00. The maximum atomic E-state index is 13.3. The zero-order valence-electron chi connectivity index (χ0n) is 69.5. The van der Waals surface area contributed by atoms with E-state index in [2.05, 4.69) is 86.7 Å². The van der Waals surface area contributed by atoms with Gasteiger partial charge in [-0.25, -0.2) is 114 Å². The molecule has 770 valence electrons. The highest BCUT2D eigenvalue weighted by Crippen LogP contribution is 2.28. The fraction of sp³-hybridized carbons (Fsp3) is 0.243. The van der Waals surface area contributed by atoms with Gasteiger partial charge in [-0.1, -0.05) is 6.07 Å². The van der Waals surface area contributed by atoms with E-state index >= 15 is 0 Å². The summed E-state index contributed by atoms with van der Waals surface area (Å²) in [5, 5.41) is 9.34. The minimum atomic E-state index is -4.45. The summed E-state index contributed by atoms with van der Waals surface area (Å²) >= 11 is 23.9. The summed E-state index contributed by atoms with van der Waals surface area (Å²) < 4.78 is 320. The van der Waals surface area contributed by atoms with E-state index in [0.717, 1.165) is 42.8 Å². The smallest absolute Gasteiger partial charge is 0.342 e. The summed E-state index contributed by atoms with van der Waals surface area (Å²) in [5.74, 6) is -13.7. The number of esters is 8. The average Bonchev–Trinajstić information content (AvgIpc) is 0.825. The number of halogens is 14. The lowest BCUT2D eigenvalue weighted by atomic mass is 10.2. The van der Waals surface area contributed by atoms with Crippen LogP contribution in [-0.4, -0.2) is 270 Å². The van der Waals surface area contributed by atoms with Crippen LogP contribution in [0.15, 0.2) is 140 Å². The van der Waals surface area contributed by atoms with Crippen molar-refractivity contribution >= 4 is 411 Å². The summed E-state index contributed by atoms with van der Waals surface area (Å²) in [4.78, 5) is 94.0. The Morgan fingerprint density at radius 1 is 0.288 bits per heavy atom. The Bertz CT molecular complexity index is 6410. The molecule has 139 heavy (non-hydrogen) atoms. The zero-order valence-corrected chi connectivity index (χ0v) is 102. The number of hydrogen-bond donors (Lipinski definition) is 2. The van der Waals surface area contributed by atoms with Gasteiger partial charge in [-0.05, 0) is 405 Å². The van der Waals surface area contributed by atoms with E-state index in [4.69, 9.17) is 24.7 Å². The van der Waals surface area contributed by atoms with Gasteiger partial charge in [-0.3, -0.25) is 0 Å². The number of anilines is 2. The Hall–Kier alpha value is -3.18. The number of ether oxygens (including phenoxy) is 8. The van der Waals surface area contributed by atoms with Crippen LogP contribution >= 0.6 is 271 Å². The molecule has 8 aromatic rings. The van der Waals surface area contributed by atoms with Gasteiger partial charge in [0.25, 0.3) is 0 Å². The van der Waals surface area contributed by atoms with E-state index in [1.165, 1.54) is 48.5 Å². The molecule has 0 aliphatic heterocycles. The van der Waals surface area contributed by atoms with Crippen LogP contribution in [0.5, 0.6) is 5.75 Å². The average molecular weight is 3450 g/mol. The molecule has 0 aliphatic carbocycles. The van der Waals surface area contributed by atoms with Gasteiger partial charge in [0, 0.05) is 64.7 Å². The third-order valence-electron chi connectivity index (χ3n) is 14.4. The van der Waals surface area contributed by atoms with E-state index in [1.807, 2.05) is 218 Å². The number of benzene rings is 8. The summed E-state index contributed by atoms with van der Waals surface area (Å²) in [6, 6.07) is 35.7. The van der Waals surface area contributed by atoms with Gasteiger partial charge < -0.3 is 90.1 Å². The number of nitrogens with two attached hydrogens (primary N) is 1. The van der Waals surface area contributed by atoms with Crippen molar-refractivity contribution in [2.45, 2.75) is 0 Å². The molecule has 3 N–H and O–H groups in total. The monoisotopic (exact) mass is 3450 g/mol. The molecule has 0 saturated carbocycles. The van der Waals surface area contributed by atoms with Gasteiger partial charge in [0.2, 0.25) is 0 Å². The van der Waals surface area contributed by atoms with Crippen molar-refractivity contribution in [1.82, 2.24) is 0 Å². The highest BCUT2D eigenvalue weighted by Gasteiger charge is 2.22. The van der Waals surface area contributed by atoms with Crippen molar-refractivity contribution in [2.75, 3.05) is 124 Å². The molecule has 0 saturated heterocycles. The fourth-order valence-electron chi connectivity index (χ4n) is 8.25. The number of carbonyl (C=O) groups is 8. The maximum absolute atomic E-state index is 13.3. The van der Waals surface area contributed by atoms with E-state index in [1.54, 1.807) is 83.3 Å². The summed E-state index contributed by atoms with van der Waals surface area (Å²) in [6.07, 6.45) is 0. The van der Waals surface area contributed by atoms with Crippen molar-refractivity contribution in [3.63, 3.8) is 0 Å². The first-order valence-electron chi connectivity index (χ1n) is 36.0.